The van der Waals surface area contributed by atoms with Gasteiger partial charge in [0.25, 0.3) is 0 Å². The van der Waals surface area contributed by atoms with E-state index in [2.05, 4.69) is 216 Å². The van der Waals surface area contributed by atoms with Crippen LogP contribution in [0, 0.1) is 0 Å². The molecule has 7 rings (SSSR count). The minimum Gasteiger partial charge on any atom is -1.00 e. The zero-order chi connectivity index (χ0) is 33.4. The van der Waals surface area contributed by atoms with Crippen LogP contribution in [0.5, 0.6) is 0 Å². The Morgan fingerprint density at radius 1 is 0.520 bits per heavy atom. The van der Waals surface area contributed by atoms with Crippen molar-refractivity contribution in [1.29, 1.82) is 0 Å². The van der Waals surface area contributed by atoms with Crippen LogP contribution in [-0.4, -0.2) is 11.1 Å². The van der Waals surface area contributed by atoms with Crippen molar-refractivity contribution < 1.29 is 21.5 Å². The van der Waals surface area contributed by atoms with Gasteiger partial charge in [0.05, 0.1) is 5.54 Å². The summed E-state index contributed by atoms with van der Waals surface area (Å²) in [6.07, 6.45) is 7.40. The van der Waals surface area contributed by atoms with Crippen LogP contribution in [0.25, 0.3) is 0 Å². The molecule has 0 unspecified atom stereocenters. The van der Waals surface area contributed by atoms with Crippen molar-refractivity contribution in [3.05, 3.63) is 246 Å². The van der Waals surface area contributed by atoms with Crippen LogP contribution in [0.15, 0.2) is 207 Å². The first kappa shape index (κ1) is 34.6. The van der Waals surface area contributed by atoms with E-state index in [0.717, 1.165) is 13.0 Å². The zero-order valence-corrected chi connectivity index (χ0v) is 29.7. The number of hydrogen-bond acceptors (Lipinski definition) is 1. The van der Waals surface area contributed by atoms with Gasteiger partial charge in [-0.1, -0.05) is 195 Å². The summed E-state index contributed by atoms with van der Waals surface area (Å²) in [7, 11) is 0. The molecule has 0 amide bonds. The number of benzene rings is 6. The summed E-state index contributed by atoms with van der Waals surface area (Å²) in [5.74, 6) is 0. The van der Waals surface area contributed by atoms with Crippen LogP contribution in [0.1, 0.15) is 39.1 Å². The van der Waals surface area contributed by atoms with Gasteiger partial charge in [-0.05, 0) is 16.7 Å². The number of rotatable bonds is 13. The maximum absolute atomic E-state index is 4.14. The summed E-state index contributed by atoms with van der Waals surface area (Å²) < 4.78 is 4.75. The molecule has 0 fully saturated rings. The quantitative estimate of drug-likeness (QED) is 0.0893. The summed E-state index contributed by atoms with van der Waals surface area (Å²) in [5.41, 5.74) is 7.35. The molecule has 4 heteroatoms. The molecular formula is C46H42BrN3. The largest absolute Gasteiger partial charge is 1.00 e. The second-order valence-corrected chi connectivity index (χ2v) is 12.4. The summed E-state index contributed by atoms with van der Waals surface area (Å²) >= 11 is 0. The Balaban J connectivity index is 0.00000432. The fourth-order valence-electron chi connectivity index (χ4n) is 7.42. The van der Waals surface area contributed by atoms with E-state index >= 15 is 0 Å². The molecule has 0 aliphatic rings. The van der Waals surface area contributed by atoms with Gasteiger partial charge >= 0.3 is 0 Å². The van der Waals surface area contributed by atoms with Crippen molar-refractivity contribution in [3.8, 4) is 0 Å². The van der Waals surface area contributed by atoms with E-state index in [1.807, 2.05) is 6.08 Å². The van der Waals surface area contributed by atoms with Crippen LogP contribution in [0.2, 0.25) is 0 Å². The lowest BCUT2D eigenvalue weighted by Crippen LogP contribution is -3.00. The molecule has 0 saturated carbocycles. The van der Waals surface area contributed by atoms with Crippen LogP contribution in [0.3, 0.4) is 0 Å². The number of hydrogen-bond donors (Lipinski definition) is 1. The van der Waals surface area contributed by atoms with E-state index in [-0.39, 0.29) is 17.0 Å². The smallest absolute Gasteiger partial charge is 0.245 e. The Kier molecular flexibility index (Phi) is 11.0. The topological polar surface area (TPSA) is 20.8 Å². The van der Waals surface area contributed by atoms with Crippen molar-refractivity contribution in [2.24, 2.45) is 0 Å². The zero-order valence-electron chi connectivity index (χ0n) is 28.2. The summed E-state index contributed by atoms with van der Waals surface area (Å²) in [6, 6.07) is 65.0. The molecular weight excluding hydrogens is 674 g/mol. The number of allylic oxidation sites excluding steroid dienone is 1. The highest BCUT2D eigenvalue weighted by Gasteiger charge is 2.44. The Bertz CT molecular complexity index is 1870. The molecule has 0 saturated heterocycles. The third kappa shape index (κ3) is 6.53. The molecule has 0 spiro atoms. The molecule has 0 atom stereocenters. The van der Waals surface area contributed by atoms with Gasteiger partial charge in [0.2, 0.25) is 6.33 Å². The average Bonchev–Trinajstić information content (AvgIpc) is 3.58. The molecule has 6 aromatic carbocycles. The van der Waals surface area contributed by atoms with Gasteiger partial charge in [-0.25, -0.2) is 9.13 Å². The lowest BCUT2D eigenvalue weighted by molar-refractivity contribution is -0.734. The molecule has 0 aliphatic heterocycles. The summed E-state index contributed by atoms with van der Waals surface area (Å²) in [4.78, 5) is 0. The first-order valence-electron chi connectivity index (χ1n) is 17.1. The minimum atomic E-state index is -0.583. The third-order valence-corrected chi connectivity index (χ3v) is 9.60. The monoisotopic (exact) mass is 715 g/mol. The number of nitrogens with zero attached hydrogens (tertiary/aromatic N) is 2. The van der Waals surface area contributed by atoms with E-state index in [0.29, 0.717) is 6.54 Å². The Labute approximate surface area is 307 Å². The highest BCUT2D eigenvalue weighted by Crippen LogP contribution is 2.38. The van der Waals surface area contributed by atoms with Gasteiger partial charge in [0.15, 0.2) is 5.54 Å². The highest BCUT2D eigenvalue weighted by atomic mass is 79.9. The van der Waals surface area contributed by atoms with Crippen molar-refractivity contribution in [2.75, 3.05) is 6.54 Å². The molecule has 7 aromatic rings. The van der Waals surface area contributed by atoms with Crippen LogP contribution >= 0.6 is 0 Å². The third-order valence-electron chi connectivity index (χ3n) is 9.60. The Morgan fingerprint density at radius 2 is 0.860 bits per heavy atom. The van der Waals surface area contributed by atoms with Crippen molar-refractivity contribution >= 4 is 0 Å². The van der Waals surface area contributed by atoms with E-state index in [1.54, 1.807) is 0 Å². The van der Waals surface area contributed by atoms with Crippen LogP contribution < -0.4 is 26.9 Å². The first-order chi connectivity index (χ1) is 24.3. The molecule has 50 heavy (non-hydrogen) atoms. The molecule has 248 valence electrons. The number of nitrogens with one attached hydrogen (secondary N) is 1. The number of halogens is 1. The molecule has 0 bridgehead atoms. The number of imidazole rings is 1. The summed E-state index contributed by atoms with van der Waals surface area (Å²) in [5, 5.41) is 4.09. The molecule has 0 aliphatic carbocycles. The lowest BCUT2D eigenvalue weighted by Gasteiger charge is -2.37. The molecule has 1 N–H and O–H groups in total. The van der Waals surface area contributed by atoms with Gasteiger partial charge < -0.3 is 17.0 Å². The molecule has 1 heterocycles. The normalized spacial score (nSPS) is 11.4. The van der Waals surface area contributed by atoms with Crippen molar-refractivity contribution in [1.82, 2.24) is 9.88 Å². The van der Waals surface area contributed by atoms with E-state index in [1.165, 1.54) is 39.1 Å². The summed E-state index contributed by atoms with van der Waals surface area (Å²) in [6.45, 7) is 5.59. The van der Waals surface area contributed by atoms with Gasteiger partial charge in [-0.2, -0.15) is 0 Å². The SMILES string of the molecule is C=CCn1c[n+](C(c2ccccc2)(c2ccccc2)c2ccccc2)cc1CCNC(c1ccccc1)(c1ccccc1)c1ccccc1.[Br-]. The van der Waals surface area contributed by atoms with E-state index in [4.69, 9.17) is 0 Å². The fourth-order valence-corrected chi connectivity index (χ4v) is 7.42. The van der Waals surface area contributed by atoms with Gasteiger partial charge in [0.1, 0.15) is 18.4 Å². The standard InChI is InChI=1S/C46H42N3.BrH/c1-2-35-48-37-49(46(41-27-15-6-16-28-41,42-29-17-7-18-30-42)43-31-19-8-20-32-43)36-44(48)33-34-47-45(38-21-9-3-10-22-38,39-23-11-4-12-24-39)40-25-13-5-14-26-40;/h2-32,36-37,47H,1,33-35H2;1H/q+1;/p-1. The molecule has 0 radical (unpaired) electrons. The van der Waals surface area contributed by atoms with E-state index < -0.39 is 11.1 Å². The van der Waals surface area contributed by atoms with Crippen molar-refractivity contribution in [3.63, 3.8) is 0 Å². The van der Waals surface area contributed by atoms with E-state index in [9.17, 15) is 0 Å². The van der Waals surface area contributed by atoms with Crippen LogP contribution in [-0.2, 0) is 24.0 Å². The fraction of sp³-hybridized carbons (Fsp3) is 0.109. The second kappa shape index (κ2) is 15.9. The maximum Gasteiger partial charge on any atom is 0.245 e. The van der Waals surface area contributed by atoms with Gasteiger partial charge in [-0.3, -0.25) is 5.32 Å². The van der Waals surface area contributed by atoms with Gasteiger partial charge in [-0.15, -0.1) is 0 Å². The highest BCUT2D eigenvalue weighted by molar-refractivity contribution is 5.50. The predicted octanol–water partition coefficient (Wildman–Crippen LogP) is 5.93. The number of aromatic nitrogens is 2. The second-order valence-electron chi connectivity index (χ2n) is 12.4. The minimum absolute atomic E-state index is 0. The van der Waals surface area contributed by atoms with Crippen molar-refractivity contribution in [2.45, 2.75) is 24.0 Å². The van der Waals surface area contributed by atoms with Gasteiger partial charge in [0, 0.05) is 29.7 Å². The maximum atomic E-state index is 4.14. The predicted molar refractivity (Wildman–Crippen MR) is 200 cm³/mol. The van der Waals surface area contributed by atoms with Crippen LogP contribution in [0.4, 0.5) is 0 Å². The Hall–Kier alpha value is -5.29. The average molecular weight is 717 g/mol. The molecule has 1 aromatic heterocycles. The Morgan fingerprint density at radius 3 is 1.20 bits per heavy atom. The first-order valence-corrected chi connectivity index (χ1v) is 17.1. The molecule has 3 nitrogen and oxygen atoms in total. The lowest BCUT2D eigenvalue weighted by atomic mass is 9.76.